The summed E-state index contributed by atoms with van der Waals surface area (Å²) in [4.78, 5) is 31.7. The average molecular weight is 396 g/mol. The minimum Gasteiger partial charge on any atom is -0.354 e. The van der Waals surface area contributed by atoms with Crippen molar-refractivity contribution in [2.75, 3.05) is 39.3 Å². The zero-order chi connectivity index (χ0) is 20.3. The van der Waals surface area contributed by atoms with Gasteiger partial charge < -0.3 is 20.9 Å². The van der Waals surface area contributed by atoms with E-state index in [0.29, 0.717) is 18.5 Å². The molecule has 1 aromatic heterocycles. The van der Waals surface area contributed by atoms with Crippen molar-refractivity contribution in [1.29, 1.82) is 0 Å². The molecule has 3 rings (SSSR count). The molecule has 1 saturated heterocycles. The van der Waals surface area contributed by atoms with E-state index < -0.39 is 6.04 Å². The lowest BCUT2D eigenvalue weighted by Gasteiger charge is -2.27. The number of hydrogen-bond acceptors (Lipinski definition) is 5. The monoisotopic (exact) mass is 395 g/mol. The number of amides is 2. The molecule has 0 spiro atoms. The lowest BCUT2D eigenvalue weighted by molar-refractivity contribution is -0.122. The van der Waals surface area contributed by atoms with Crippen LogP contribution in [0.1, 0.15) is 22.3 Å². The van der Waals surface area contributed by atoms with Crippen LogP contribution >= 0.6 is 0 Å². The quantitative estimate of drug-likeness (QED) is 0.548. The van der Waals surface area contributed by atoms with E-state index in [1.54, 1.807) is 18.3 Å². The van der Waals surface area contributed by atoms with Crippen LogP contribution < -0.4 is 16.0 Å². The van der Waals surface area contributed by atoms with Crippen LogP contribution in [0.2, 0.25) is 0 Å². The number of piperazine rings is 1. The number of rotatable bonds is 9. The summed E-state index contributed by atoms with van der Waals surface area (Å²) in [5.41, 5.74) is 1.44. The molecule has 2 heterocycles. The summed E-state index contributed by atoms with van der Waals surface area (Å²) in [6, 6.07) is 12.5. The first-order valence-corrected chi connectivity index (χ1v) is 10.2. The second-order valence-electron chi connectivity index (χ2n) is 7.19. The van der Waals surface area contributed by atoms with E-state index in [-0.39, 0.29) is 11.8 Å². The molecule has 2 amide bonds. The molecule has 0 saturated carbocycles. The minimum absolute atomic E-state index is 0.161. The van der Waals surface area contributed by atoms with Gasteiger partial charge in [0.25, 0.3) is 5.91 Å². The summed E-state index contributed by atoms with van der Waals surface area (Å²) in [7, 11) is 0. The lowest BCUT2D eigenvalue weighted by atomic mass is 10.0. The van der Waals surface area contributed by atoms with Crippen molar-refractivity contribution >= 4 is 11.8 Å². The van der Waals surface area contributed by atoms with Gasteiger partial charge in [-0.25, -0.2) is 0 Å². The second-order valence-corrected chi connectivity index (χ2v) is 7.19. The fourth-order valence-corrected chi connectivity index (χ4v) is 3.37. The van der Waals surface area contributed by atoms with E-state index >= 15 is 0 Å². The Morgan fingerprint density at radius 2 is 1.90 bits per heavy atom. The van der Waals surface area contributed by atoms with Crippen LogP contribution in [0.25, 0.3) is 0 Å². The van der Waals surface area contributed by atoms with E-state index in [2.05, 4.69) is 25.8 Å². The number of carbonyl (C=O) groups excluding carboxylic acids is 2. The number of pyridine rings is 1. The first kappa shape index (κ1) is 21.0. The molecule has 1 atom stereocenters. The van der Waals surface area contributed by atoms with Gasteiger partial charge in [-0.05, 0) is 30.7 Å². The third-order valence-electron chi connectivity index (χ3n) is 4.99. The Hall–Kier alpha value is -2.77. The summed E-state index contributed by atoms with van der Waals surface area (Å²) in [6.45, 7) is 5.69. The molecule has 2 aromatic rings. The smallest absolute Gasteiger partial charge is 0.253 e. The Morgan fingerprint density at radius 1 is 1.10 bits per heavy atom. The molecular weight excluding hydrogens is 366 g/mol. The Balaban J connectivity index is 1.54. The third kappa shape index (κ3) is 6.96. The third-order valence-corrected chi connectivity index (χ3v) is 4.99. The summed E-state index contributed by atoms with van der Waals surface area (Å²) < 4.78 is 0. The van der Waals surface area contributed by atoms with Crippen LogP contribution in [0.15, 0.2) is 54.9 Å². The fourth-order valence-electron chi connectivity index (χ4n) is 3.37. The maximum Gasteiger partial charge on any atom is 0.253 e. The average Bonchev–Trinajstić information content (AvgIpc) is 2.78. The maximum atomic E-state index is 12.8. The summed E-state index contributed by atoms with van der Waals surface area (Å²) in [5, 5.41) is 9.19. The first-order valence-electron chi connectivity index (χ1n) is 10.2. The molecule has 7 nitrogen and oxygen atoms in total. The summed E-state index contributed by atoms with van der Waals surface area (Å²) in [6.07, 6.45) is 4.44. The number of nitrogens with zero attached hydrogens (tertiary/aromatic N) is 2. The van der Waals surface area contributed by atoms with Crippen molar-refractivity contribution in [3.05, 3.63) is 66.0 Å². The standard InChI is InChI=1S/C22H29N5O2/c28-21(19-8-4-9-24-17-19)26-20(16-18-6-2-1-3-7-18)22(29)25-10-5-13-27-14-11-23-12-15-27/h1-4,6-9,17,20,23H,5,10-16H2,(H,25,29)(H,26,28). The van der Waals surface area contributed by atoms with Gasteiger partial charge in [0, 0.05) is 51.5 Å². The highest BCUT2D eigenvalue weighted by Gasteiger charge is 2.22. The van der Waals surface area contributed by atoms with Crippen LogP contribution in [-0.2, 0) is 11.2 Å². The Bertz CT molecular complexity index is 763. The maximum absolute atomic E-state index is 12.8. The van der Waals surface area contributed by atoms with Crippen molar-refractivity contribution < 1.29 is 9.59 Å². The SMILES string of the molecule is O=C(NC(Cc1ccccc1)C(=O)NCCCN1CCNCC1)c1cccnc1. The molecule has 0 bridgehead atoms. The number of carbonyl (C=O) groups is 2. The molecule has 7 heteroatoms. The van der Waals surface area contributed by atoms with E-state index in [1.807, 2.05) is 30.3 Å². The zero-order valence-corrected chi connectivity index (χ0v) is 16.6. The van der Waals surface area contributed by atoms with Gasteiger partial charge in [0.05, 0.1) is 5.56 Å². The largest absolute Gasteiger partial charge is 0.354 e. The van der Waals surface area contributed by atoms with Gasteiger partial charge >= 0.3 is 0 Å². The van der Waals surface area contributed by atoms with Crippen LogP contribution in [0.4, 0.5) is 0 Å². The highest BCUT2D eigenvalue weighted by atomic mass is 16.2. The number of aromatic nitrogens is 1. The molecule has 0 radical (unpaired) electrons. The van der Waals surface area contributed by atoms with E-state index in [9.17, 15) is 9.59 Å². The predicted octanol–water partition coefficient (Wildman–Crippen LogP) is 0.834. The zero-order valence-electron chi connectivity index (χ0n) is 16.6. The lowest BCUT2D eigenvalue weighted by Crippen LogP contribution is -2.49. The first-order chi connectivity index (χ1) is 14.2. The molecule has 1 aliphatic rings. The van der Waals surface area contributed by atoms with Gasteiger partial charge in [-0.15, -0.1) is 0 Å². The number of hydrogen-bond donors (Lipinski definition) is 3. The van der Waals surface area contributed by atoms with Crippen molar-refractivity contribution in [2.45, 2.75) is 18.9 Å². The van der Waals surface area contributed by atoms with Gasteiger partial charge in [-0.3, -0.25) is 14.6 Å². The predicted molar refractivity (Wildman–Crippen MR) is 113 cm³/mol. The summed E-state index contributed by atoms with van der Waals surface area (Å²) in [5.74, 6) is -0.457. The normalized spacial score (nSPS) is 15.4. The minimum atomic E-state index is -0.635. The van der Waals surface area contributed by atoms with Crippen LogP contribution in [0.3, 0.4) is 0 Å². The number of benzene rings is 1. The van der Waals surface area contributed by atoms with Crippen molar-refractivity contribution in [1.82, 2.24) is 25.8 Å². The van der Waals surface area contributed by atoms with Crippen molar-refractivity contribution in [3.8, 4) is 0 Å². The Kier molecular flexibility index (Phi) is 8.15. The van der Waals surface area contributed by atoms with Gasteiger partial charge in [0.15, 0.2) is 0 Å². The van der Waals surface area contributed by atoms with E-state index in [4.69, 9.17) is 0 Å². The van der Waals surface area contributed by atoms with Crippen molar-refractivity contribution in [2.24, 2.45) is 0 Å². The molecule has 1 aliphatic heterocycles. The highest BCUT2D eigenvalue weighted by molar-refractivity contribution is 5.97. The molecule has 154 valence electrons. The molecule has 0 aliphatic carbocycles. The van der Waals surface area contributed by atoms with Gasteiger partial charge in [0.1, 0.15) is 6.04 Å². The molecule has 3 N–H and O–H groups in total. The topological polar surface area (TPSA) is 86.4 Å². The highest BCUT2D eigenvalue weighted by Crippen LogP contribution is 2.05. The molecule has 1 unspecified atom stereocenters. The molecule has 29 heavy (non-hydrogen) atoms. The van der Waals surface area contributed by atoms with E-state index in [0.717, 1.165) is 44.7 Å². The van der Waals surface area contributed by atoms with Gasteiger partial charge in [-0.1, -0.05) is 30.3 Å². The Labute approximate surface area is 171 Å². The molecule has 1 aromatic carbocycles. The van der Waals surface area contributed by atoms with Crippen molar-refractivity contribution in [3.63, 3.8) is 0 Å². The van der Waals surface area contributed by atoms with Gasteiger partial charge in [-0.2, -0.15) is 0 Å². The Morgan fingerprint density at radius 3 is 2.62 bits per heavy atom. The second kappa shape index (κ2) is 11.3. The molecular formula is C22H29N5O2. The van der Waals surface area contributed by atoms with E-state index in [1.165, 1.54) is 6.20 Å². The van der Waals surface area contributed by atoms with Crippen LogP contribution in [0, 0.1) is 0 Å². The fraction of sp³-hybridized carbons (Fsp3) is 0.409. The van der Waals surface area contributed by atoms with Gasteiger partial charge in [0.2, 0.25) is 5.91 Å². The number of nitrogens with one attached hydrogen (secondary N) is 3. The molecule has 1 fully saturated rings. The summed E-state index contributed by atoms with van der Waals surface area (Å²) >= 11 is 0. The van der Waals surface area contributed by atoms with Crippen LogP contribution in [-0.4, -0.2) is 67.0 Å². The van der Waals surface area contributed by atoms with Crippen LogP contribution in [0.5, 0.6) is 0 Å².